The fourth-order valence-electron chi connectivity index (χ4n) is 4.87. The Bertz CT molecular complexity index is 1820. The number of oxazole rings is 2. The molecule has 0 amide bonds. The molecule has 0 saturated heterocycles. The second kappa shape index (κ2) is 10.7. The predicted molar refractivity (Wildman–Crippen MR) is 143 cm³/mol. The van der Waals surface area contributed by atoms with E-state index in [0.29, 0.717) is 47.0 Å². The zero-order valence-electron chi connectivity index (χ0n) is 21.3. The Labute approximate surface area is 225 Å². The van der Waals surface area contributed by atoms with E-state index in [1.165, 1.54) is 0 Å². The smallest absolute Gasteiger partial charge is 0.370 e. The molecule has 0 atom stereocenters. The van der Waals surface area contributed by atoms with E-state index >= 15 is 0 Å². The molecule has 1 aliphatic carbocycles. The van der Waals surface area contributed by atoms with Gasteiger partial charge in [-0.3, -0.25) is 9.11 Å². The number of anilines is 1. The maximum absolute atomic E-state index is 11.1. The molecular formula is C25H29N4O8S2+. The van der Waals surface area contributed by atoms with E-state index in [-0.39, 0.29) is 24.3 Å². The average molecular weight is 578 g/mol. The van der Waals surface area contributed by atoms with Crippen LogP contribution < -0.4 is 20.4 Å². The van der Waals surface area contributed by atoms with Crippen molar-refractivity contribution in [2.75, 3.05) is 23.0 Å². The molecule has 2 N–H and O–H groups in total. The maximum Gasteiger partial charge on any atom is 0.370 e. The van der Waals surface area contributed by atoms with Gasteiger partial charge in [0.25, 0.3) is 20.2 Å². The molecule has 12 nitrogen and oxygen atoms in total. The molecule has 0 bridgehead atoms. The summed E-state index contributed by atoms with van der Waals surface area (Å²) in [5.74, 6) is 0.387. The number of fused-ring (bicyclic) bond motifs is 2. The van der Waals surface area contributed by atoms with Gasteiger partial charge in [-0.05, 0) is 62.5 Å². The third kappa shape index (κ3) is 6.30. The van der Waals surface area contributed by atoms with E-state index in [9.17, 15) is 16.8 Å². The van der Waals surface area contributed by atoms with Crippen molar-refractivity contribution in [3.63, 3.8) is 0 Å². The Kier molecular flexibility index (Phi) is 7.46. The molecule has 3 aromatic rings. The van der Waals surface area contributed by atoms with Crippen molar-refractivity contribution in [3.8, 4) is 0 Å². The number of aryl methyl sites for hydroxylation is 1. The van der Waals surface area contributed by atoms with Crippen LogP contribution in [0, 0.1) is 0 Å². The molecule has 14 heteroatoms. The normalized spacial score (nSPS) is 17.6. The first-order valence-electron chi connectivity index (χ1n) is 12.5. The van der Waals surface area contributed by atoms with Gasteiger partial charge in [0.1, 0.15) is 0 Å². The minimum absolute atomic E-state index is 0.234. The minimum Gasteiger partial charge on any atom is -0.435 e. The zero-order valence-corrected chi connectivity index (χ0v) is 22.9. The number of hydrogen-bond donors (Lipinski definition) is 2. The molecule has 0 aromatic carbocycles. The van der Waals surface area contributed by atoms with Gasteiger partial charge in [-0.25, -0.2) is 4.57 Å². The second-order valence-electron chi connectivity index (χ2n) is 9.53. The molecule has 0 spiro atoms. The van der Waals surface area contributed by atoms with Gasteiger partial charge in [-0.15, -0.1) is 0 Å². The van der Waals surface area contributed by atoms with E-state index in [1.807, 2.05) is 6.92 Å². The minimum atomic E-state index is -4.04. The maximum atomic E-state index is 11.1. The van der Waals surface area contributed by atoms with Crippen molar-refractivity contribution in [1.82, 2.24) is 9.97 Å². The van der Waals surface area contributed by atoms with Gasteiger partial charge in [0.2, 0.25) is 11.1 Å². The molecule has 208 valence electrons. The SMILES string of the molecule is CC1=C(c2nc3c(ccc[n+]3CCCS(=O)(=O)O)o2)CCC/C1=c1\nc2c(o1)=CC=CN2CCCS(=O)(=O)O. The van der Waals surface area contributed by atoms with Gasteiger partial charge in [-0.1, -0.05) is 0 Å². The highest BCUT2D eigenvalue weighted by molar-refractivity contribution is 7.86. The summed E-state index contributed by atoms with van der Waals surface area (Å²) < 4.78 is 76.5. The summed E-state index contributed by atoms with van der Waals surface area (Å²) >= 11 is 0. The first-order chi connectivity index (χ1) is 18.5. The molecule has 0 unspecified atom stereocenters. The van der Waals surface area contributed by atoms with Crippen LogP contribution in [0.1, 0.15) is 44.9 Å². The van der Waals surface area contributed by atoms with Crippen LogP contribution in [0.15, 0.2) is 45.0 Å². The lowest BCUT2D eigenvalue weighted by Gasteiger charge is -2.18. The number of rotatable bonds is 9. The number of hydrogen-bond acceptors (Lipinski definition) is 9. The van der Waals surface area contributed by atoms with Crippen LogP contribution in [-0.2, 0) is 26.8 Å². The highest BCUT2D eigenvalue weighted by atomic mass is 32.2. The van der Waals surface area contributed by atoms with Gasteiger partial charge in [0.05, 0.1) is 24.2 Å². The molecule has 2 aliphatic rings. The number of nitrogens with zero attached hydrogens (tertiary/aromatic N) is 4. The lowest BCUT2D eigenvalue weighted by Crippen LogP contribution is -2.35. The highest BCUT2D eigenvalue weighted by Crippen LogP contribution is 2.36. The van der Waals surface area contributed by atoms with Gasteiger partial charge in [-0.2, -0.15) is 21.8 Å². The van der Waals surface area contributed by atoms with E-state index in [1.54, 1.807) is 46.1 Å². The average Bonchev–Trinajstić information content (AvgIpc) is 3.48. The summed E-state index contributed by atoms with van der Waals surface area (Å²) in [6.07, 6.45) is 9.99. The predicted octanol–water partition coefficient (Wildman–Crippen LogP) is 1.58. The van der Waals surface area contributed by atoms with E-state index in [2.05, 4.69) is 0 Å². The Balaban J connectivity index is 1.46. The summed E-state index contributed by atoms with van der Waals surface area (Å²) in [5.41, 5.74) is 5.02. The third-order valence-electron chi connectivity index (χ3n) is 6.72. The summed E-state index contributed by atoms with van der Waals surface area (Å²) in [4.78, 5) is 11.3. The van der Waals surface area contributed by atoms with Crippen LogP contribution in [-0.4, -0.2) is 54.0 Å². The summed E-state index contributed by atoms with van der Waals surface area (Å²) in [6, 6.07) is 3.60. The van der Waals surface area contributed by atoms with E-state index < -0.39 is 20.2 Å². The number of pyridine rings is 1. The summed E-state index contributed by atoms with van der Waals surface area (Å²) in [6.45, 7) is 2.69. The Hall–Kier alpha value is -3.33. The highest BCUT2D eigenvalue weighted by Gasteiger charge is 2.28. The van der Waals surface area contributed by atoms with Gasteiger partial charge >= 0.3 is 11.5 Å². The molecule has 39 heavy (non-hydrogen) atoms. The molecular weight excluding hydrogens is 548 g/mol. The largest absolute Gasteiger partial charge is 0.435 e. The van der Waals surface area contributed by atoms with Crippen molar-refractivity contribution >= 4 is 54.5 Å². The summed E-state index contributed by atoms with van der Waals surface area (Å²) in [5, 5.41) is 0. The number of allylic oxidation sites excluding steroid dienone is 3. The first kappa shape index (κ1) is 27.2. The van der Waals surface area contributed by atoms with Crippen LogP contribution in [0.5, 0.6) is 0 Å². The van der Waals surface area contributed by atoms with Gasteiger partial charge < -0.3 is 13.7 Å². The quantitative estimate of drug-likeness (QED) is 0.280. The standard InChI is InChI=1S/C25H28N4O8S2/c1-17-18(24-26-22-20(36-24)9-3-11-28(22)13-5-15-38(30,31)32)7-2-8-19(17)25-27-23-21(37-25)10-4-12-29(23)14-6-16-39(33,34)35/h3-4,9-12H,2,5-8,13-16H2,1H3,(H-,30,31,32,33,34,35)/p+1. The Morgan fingerprint density at radius 2 is 1.77 bits per heavy atom. The van der Waals surface area contributed by atoms with Crippen LogP contribution in [0.2, 0.25) is 0 Å². The zero-order chi connectivity index (χ0) is 27.8. The Morgan fingerprint density at radius 1 is 1.03 bits per heavy atom. The molecule has 0 saturated carbocycles. The van der Waals surface area contributed by atoms with E-state index in [4.69, 9.17) is 27.9 Å². The third-order valence-corrected chi connectivity index (χ3v) is 8.33. The lowest BCUT2D eigenvalue weighted by atomic mass is 9.88. The van der Waals surface area contributed by atoms with Crippen LogP contribution >= 0.6 is 0 Å². The topological polar surface area (TPSA) is 168 Å². The van der Waals surface area contributed by atoms with Crippen LogP contribution in [0.4, 0.5) is 5.82 Å². The molecule has 1 aliphatic heterocycles. The number of aromatic nitrogens is 3. The first-order valence-corrected chi connectivity index (χ1v) is 15.8. The lowest BCUT2D eigenvalue weighted by molar-refractivity contribution is -0.673. The monoisotopic (exact) mass is 577 g/mol. The second-order valence-corrected chi connectivity index (χ2v) is 12.7. The van der Waals surface area contributed by atoms with Crippen LogP contribution in [0.3, 0.4) is 0 Å². The molecule has 4 heterocycles. The van der Waals surface area contributed by atoms with Crippen molar-refractivity contribution < 1.29 is 39.3 Å². The van der Waals surface area contributed by atoms with E-state index in [0.717, 1.165) is 36.0 Å². The summed E-state index contributed by atoms with van der Waals surface area (Å²) in [7, 11) is -8.08. The fourth-order valence-corrected chi connectivity index (χ4v) is 5.86. The van der Waals surface area contributed by atoms with Gasteiger partial charge in [0.15, 0.2) is 11.2 Å². The van der Waals surface area contributed by atoms with Crippen molar-refractivity contribution in [2.45, 2.75) is 45.6 Å². The van der Waals surface area contributed by atoms with Crippen molar-refractivity contribution in [3.05, 3.63) is 53.0 Å². The molecule has 3 aromatic heterocycles. The van der Waals surface area contributed by atoms with Gasteiger partial charge in [0, 0.05) is 35.3 Å². The Morgan fingerprint density at radius 3 is 2.54 bits per heavy atom. The van der Waals surface area contributed by atoms with Crippen molar-refractivity contribution in [1.29, 1.82) is 0 Å². The molecule has 5 rings (SSSR count). The van der Waals surface area contributed by atoms with Crippen LogP contribution in [0.25, 0.3) is 28.5 Å². The fraction of sp³-hybridized carbons (Fsp3) is 0.400. The van der Waals surface area contributed by atoms with Crippen molar-refractivity contribution in [2.24, 2.45) is 0 Å². The molecule has 0 radical (unpaired) electrons. The molecule has 0 fully saturated rings.